The Morgan fingerprint density at radius 3 is 2.73 bits per heavy atom. The maximum Gasteiger partial charge on any atom is 0.229 e. The molecule has 1 N–H and O–H groups in total. The summed E-state index contributed by atoms with van der Waals surface area (Å²) >= 11 is 5.70. The molecule has 0 spiro atoms. The Morgan fingerprint density at radius 2 is 2.05 bits per heavy atom. The Kier molecular flexibility index (Phi) is 4.34. The third-order valence-electron chi connectivity index (χ3n) is 4.48. The van der Waals surface area contributed by atoms with E-state index in [-0.39, 0.29) is 29.2 Å². The van der Waals surface area contributed by atoms with E-state index in [4.69, 9.17) is 11.6 Å². The summed E-state index contributed by atoms with van der Waals surface area (Å²) in [5.74, 6) is -1.03. The van der Waals surface area contributed by atoms with Crippen LogP contribution in [0.5, 0.6) is 0 Å². The van der Waals surface area contributed by atoms with Crippen molar-refractivity contribution in [3.63, 3.8) is 0 Å². The molecular weight excluding hydrogens is 307 g/mol. The molecule has 1 heterocycles. The van der Waals surface area contributed by atoms with E-state index in [0.29, 0.717) is 18.3 Å². The highest BCUT2D eigenvalue weighted by Crippen LogP contribution is 2.30. The van der Waals surface area contributed by atoms with Crippen molar-refractivity contribution < 1.29 is 14.0 Å². The number of carbonyl (C=O) groups excluding carboxylic acids is 2. The average molecular weight is 325 g/mol. The van der Waals surface area contributed by atoms with Crippen LogP contribution in [0.15, 0.2) is 18.2 Å². The quantitative estimate of drug-likeness (QED) is 0.928. The third-order valence-corrected chi connectivity index (χ3v) is 4.77. The van der Waals surface area contributed by atoms with Gasteiger partial charge in [-0.05, 0) is 31.0 Å². The second-order valence-corrected chi connectivity index (χ2v) is 6.41. The first-order valence-corrected chi connectivity index (χ1v) is 7.98. The number of anilines is 1. The first kappa shape index (κ1) is 15.3. The summed E-state index contributed by atoms with van der Waals surface area (Å²) in [5.41, 5.74) is 0.447. The molecule has 1 aromatic carbocycles. The lowest BCUT2D eigenvalue weighted by Gasteiger charge is -2.23. The minimum Gasteiger partial charge on any atom is -0.339 e. The fourth-order valence-electron chi connectivity index (χ4n) is 3.29. The molecule has 2 fully saturated rings. The molecule has 2 aliphatic rings. The van der Waals surface area contributed by atoms with E-state index in [0.717, 1.165) is 25.7 Å². The Hall–Kier alpha value is -1.62. The lowest BCUT2D eigenvalue weighted by Crippen LogP contribution is -2.35. The van der Waals surface area contributed by atoms with Gasteiger partial charge in [0.05, 0.1) is 10.9 Å². The van der Waals surface area contributed by atoms with Gasteiger partial charge in [-0.2, -0.15) is 0 Å². The minimum atomic E-state index is -0.525. The van der Waals surface area contributed by atoms with Crippen LogP contribution in [0.2, 0.25) is 5.02 Å². The Bertz CT molecular complexity index is 602. The zero-order chi connectivity index (χ0) is 15.7. The highest BCUT2D eigenvalue weighted by atomic mass is 35.5. The van der Waals surface area contributed by atoms with Crippen molar-refractivity contribution in [2.75, 3.05) is 11.9 Å². The van der Waals surface area contributed by atoms with E-state index in [2.05, 4.69) is 5.32 Å². The highest BCUT2D eigenvalue weighted by molar-refractivity contribution is 6.31. The first-order valence-electron chi connectivity index (χ1n) is 7.60. The van der Waals surface area contributed by atoms with Crippen molar-refractivity contribution in [2.45, 2.75) is 38.1 Å². The molecule has 118 valence electrons. The van der Waals surface area contributed by atoms with Crippen LogP contribution in [0.3, 0.4) is 0 Å². The van der Waals surface area contributed by atoms with Crippen molar-refractivity contribution in [1.29, 1.82) is 0 Å². The molecule has 2 amide bonds. The van der Waals surface area contributed by atoms with Crippen LogP contribution in [-0.2, 0) is 9.59 Å². The van der Waals surface area contributed by atoms with Gasteiger partial charge in [-0.1, -0.05) is 24.4 Å². The molecule has 1 saturated carbocycles. The molecule has 22 heavy (non-hydrogen) atoms. The van der Waals surface area contributed by atoms with Crippen LogP contribution in [0.25, 0.3) is 0 Å². The summed E-state index contributed by atoms with van der Waals surface area (Å²) in [4.78, 5) is 26.2. The number of carbonyl (C=O) groups is 2. The molecular formula is C16H18ClFN2O2. The van der Waals surface area contributed by atoms with Crippen molar-refractivity contribution in [2.24, 2.45) is 5.92 Å². The summed E-state index contributed by atoms with van der Waals surface area (Å²) < 4.78 is 13.1. The minimum absolute atomic E-state index is 0.0344. The summed E-state index contributed by atoms with van der Waals surface area (Å²) in [5, 5.41) is 2.68. The third kappa shape index (κ3) is 3.09. The van der Waals surface area contributed by atoms with Gasteiger partial charge in [0.15, 0.2) is 0 Å². The number of amides is 2. The maximum absolute atomic E-state index is 13.1. The van der Waals surface area contributed by atoms with Gasteiger partial charge in [-0.25, -0.2) is 4.39 Å². The number of likely N-dealkylation sites (tertiary alicyclic amines) is 1. The number of benzene rings is 1. The fourth-order valence-corrected chi connectivity index (χ4v) is 3.47. The molecule has 1 atom stereocenters. The average Bonchev–Trinajstić information content (AvgIpc) is 3.12. The van der Waals surface area contributed by atoms with Crippen LogP contribution < -0.4 is 5.32 Å². The Morgan fingerprint density at radius 1 is 1.32 bits per heavy atom. The maximum atomic E-state index is 13.1. The normalized spacial score (nSPS) is 22.4. The Labute approximate surface area is 133 Å². The monoisotopic (exact) mass is 324 g/mol. The molecule has 3 rings (SSSR count). The van der Waals surface area contributed by atoms with E-state index in [9.17, 15) is 14.0 Å². The van der Waals surface area contributed by atoms with Gasteiger partial charge in [0.1, 0.15) is 5.82 Å². The number of halogens is 2. The molecule has 1 aromatic rings. The smallest absolute Gasteiger partial charge is 0.229 e. The number of nitrogens with one attached hydrogen (secondary N) is 1. The molecule has 0 unspecified atom stereocenters. The van der Waals surface area contributed by atoms with Gasteiger partial charge in [0.2, 0.25) is 11.8 Å². The number of rotatable bonds is 3. The molecule has 1 aliphatic heterocycles. The standard InChI is InChI=1S/C16H18ClFN2O2/c17-13-8-11(5-6-14(13)18)19-16(22)10-7-15(21)20(9-10)12-3-1-2-4-12/h5-6,8,10,12H,1-4,7,9H2,(H,19,22)/t10-/m0/s1. The second-order valence-electron chi connectivity index (χ2n) is 6.00. The van der Waals surface area contributed by atoms with Crippen LogP contribution in [0.1, 0.15) is 32.1 Å². The largest absolute Gasteiger partial charge is 0.339 e. The van der Waals surface area contributed by atoms with Crippen molar-refractivity contribution in [3.8, 4) is 0 Å². The number of nitrogens with zero attached hydrogens (tertiary/aromatic N) is 1. The van der Waals surface area contributed by atoms with Gasteiger partial charge in [-0.3, -0.25) is 9.59 Å². The molecule has 0 bridgehead atoms. The van der Waals surface area contributed by atoms with Crippen LogP contribution >= 0.6 is 11.6 Å². The number of hydrogen-bond donors (Lipinski definition) is 1. The SMILES string of the molecule is O=C(Nc1ccc(F)c(Cl)c1)[C@H]1CC(=O)N(C2CCCC2)C1. The van der Waals surface area contributed by atoms with Crippen LogP contribution in [0, 0.1) is 11.7 Å². The predicted molar refractivity (Wildman–Crippen MR) is 82.1 cm³/mol. The molecule has 0 radical (unpaired) electrons. The van der Waals surface area contributed by atoms with Crippen molar-refractivity contribution in [1.82, 2.24) is 4.90 Å². The highest BCUT2D eigenvalue weighted by Gasteiger charge is 2.38. The predicted octanol–water partition coefficient (Wildman–Crippen LogP) is 3.21. The molecule has 1 aliphatic carbocycles. The van der Waals surface area contributed by atoms with E-state index in [1.165, 1.54) is 18.2 Å². The molecule has 6 heteroatoms. The second kappa shape index (κ2) is 6.24. The molecule has 0 aromatic heterocycles. The summed E-state index contributed by atoms with van der Waals surface area (Å²) in [6, 6.07) is 4.35. The van der Waals surface area contributed by atoms with Crippen molar-refractivity contribution in [3.05, 3.63) is 29.0 Å². The summed E-state index contributed by atoms with van der Waals surface area (Å²) in [6.07, 6.45) is 4.62. The van der Waals surface area contributed by atoms with Crippen molar-refractivity contribution >= 4 is 29.1 Å². The van der Waals surface area contributed by atoms with E-state index in [1.807, 2.05) is 4.90 Å². The molecule has 4 nitrogen and oxygen atoms in total. The van der Waals surface area contributed by atoms with Crippen LogP contribution in [0.4, 0.5) is 10.1 Å². The first-order chi connectivity index (χ1) is 10.5. The summed E-state index contributed by atoms with van der Waals surface area (Å²) in [7, 11) is 0. The topological polar surface area (TPSA) is 49.4 Å². The zero-order valence-electron chi connectivity index (χ0n) is 12.1. The van der Waals surface area contributed by atoms with Gasteiger partial charge in [0, 0.05) is 24.7 Å². The van der Waals surface area contributed by atoms with E-state index < -0.39 is 5.82 Å². The van der Waals surface area contributed by atoms with Gasteiger partial charge < -0.3 is 10.2 Å². The van der Waals surface area contributed by atoms with Gasteiger partial charge in [-0.15, -0.1) is 0 Å². The van der Waals surface area contributed by atoms with Gasteiger partial charge >= 0.3 is 0 Å². The number of hydrogen-bond acceptors (Lipinski definition) is 2. The summed E-state index contributed by atoms with van der Waals surface area (Å²) in [6.45, 7) is 0.476. The lowest BCUT2D eigenvalue weighted by atomic mass is 10.1. The zero-order valence-corrected chi connectivity index (χ0v) is 12.9. The lowest BCUT2D eigenvalue weighted by molar-refractivity contribution is -0.129. The van der Waals surface area contributed by atoms with Crippen LogP contribution in [-0.4, -0.2) is 29.3 Å². The van der Waals surface area contributed by atoms with E-state index in [1.54, 1.807) is 0 Å². The molecule has 1 saturated heterocycles. The van der Waals surface area contributed by atoms with E-state index >= 15 is 0 Å². The fraction of sp³-hybridized carbons (Fsp3) is 0.500. The van der Waals surface area contributed by atoms with Gasteiger partial charge in [0.25, 0.3) is 0 Å². The Balaban J connectivity index is 1.63.